The number of para-hydroxylation sites is 5. The van der Waals surface area contributed by atoms with Gasteiger partial charge >= 0.3 is 0 Å². The Labute approximate surface area is 551 Å². The van der Waals surface area contributed by atoms with E-state index in [1.165, 1.54) is 0 Å². The lowest BCUT2D eigenvalue weighted by atomic mass is 9.82. The number of hydrogen-bond donors (Lipinski definition) is 0. The van der Waals surface area contributed by atoms with Crippen LogP contribution in [0.25, 0.3) is 188 Å². The predicted octanol–water partition coefficient (Wildman–Crippen LogP) is 23.0. The third-order valence-electron chi connectivity index (χ3n) is 20.4. The molecule has 0 bridgehead atoms. The number of nitrogens with zero attached hydrogens (tertiary/aromatic N) is 5. The molecule has 20 aromatic rings. The molecule has 97 heavy (non-hydrogen) atoms. The van der Waals surface area contributed by atoms with Gasteiger partial charge in [-0.05, 0) is 144 Å². The summed E-state index contributed by atoms with van der Waals surface area (Å²) in [6.07, 6.45) is 6.33. The molecule has 8 heterocycles. The van der Waals surface area contributed by atoms with E-state index < -0.39 is 0 Å². The maximum absolute atomic E-state index is 6.80. The molecule has 1 aliphatic carbocycles. The lowest BCUT2D eigenvalue weighted by Crippen LogP contribution is -2.16. The van der Waals surface area contributed by atoms with E-state index in [4.69, 9.17) is 37.4 Å². The molecule has 13 aromatic carbocycles. The molecule has 0 fully saturated rings. The van der Waals surface area contributed by atoms with Crippen molar-refractivity contribution in [3.8, 4) is 62.2 Å². The third-order valence-corrected chi connectivity index (χ3v) is 20.4. The Bertz CT molecular complexity index is 6540. The van der Waals surface area contributed by atoms with Crippen LogP contribution in [-0.4, -0.2) is 24.1 Å². The normalized spacial score (nSPS) is 14.7. The van der Waals surface area contributed by atoms with Crippen LogP contribution in [0.1, 0.15) is 23.2 Å². The fourth-order valence-corrected chi connectivity index (χ4v) is 16.2. The Balaban J connectivity index is 0.704. The van der Waals surface area contributed by atoms with Crippen molar-refractivity contribution >= 4 is 131 Å². The highest BCUT2D eigenvalue weighted by atomic mass is 16.5. The van der Waals surface area contributed by atoms with E-state index in [9.17, 15) is 0 Å². The standard InChI is InChI=1S/C87H49N5O5/c1-6-24-64-52(16-1)60-44-48(36-40-66(60)91(64)68-26-14-34-78-83(68)55-19-4-9-29-71(55)94-78)50-38-42-73-62(46-50)81-58(22-12-32-76(81)96-73)86-88-85(57-21-11-31-75-80(57)54-18-3-8-28-70(54)93-75)89-87(90-86)59-23-13-33-77-82(59)63-47-51(39-43-74(63)97-77)49-37-41-67-61(45-49)53-17-2-7-25-65(53)92(67)69-27-15-35-79-84(69)56-20-5-10-30-72(56)95-79/h1-47,57,80H. The zero-order chi connectivity index (χ0) is 63.1. The highest BCUT2D eigenvalue weighted by Gasteiger charge is 2.39. The number of hydrogen-bond acceptors (Lipinski definition) is 8. The van der Waals surface area contributed by atoms with Crippen molar-refractivity contribution in [1.29, 1.82) is 0 Å². The SMILES string of the molecule is C1=CC(c2nc(-c3cccc4oc5ccc(-c6ccc7c(c6)c6ccccc6n7-c6cccc7oc8ccccc8c67)cc5c34)nc(-c3cccc4oc5ccc(-c6ccc7c(c6)c6ccccc6n7-c6cccc7oc8ccccc8c67)cc5c34)n2)C2C(=C1)Oc1ccccc12. The predicted molar refractivity (Wildman–Crippen MR) is 389 cm³/mol. The zero-order valence-electron chi connectivity index (χ0n) is 51.6. The van der Waals surface area contributed by atoms with Gasteiger partial charge in [0.15, 0.2) is 11.6 Å². The summed E-state index contributed by atoms with van der Waals surface area (Å²) < 4.78 is 37.8. The number of rotatable bonds is 7. The van der Waals surface area contributed by atoms with Crippen LogP contribution in [-0.2, 0) is 0 Å². The van der Waals surface area contributed by atoms with Crippen LogP contribution in [0.5, 0.6) is 5.75 Å². The van der Waals surface area contributed by atoms with E-state index in [1.807, 2.05) is 60.7 Å². The summed E-state index contributed by atoms with van der Waals surface area (Å²) >= 11 is 0. The summed E-state index contributed by atoms with van der Waals surface area (Å²) in [6, 6.07) is 93.9. The number of furan rings is 4. The van der Waals surface area contributed by atoms with Crippen molar-refractivity contribution in [1.82, 2.24) is 24.1 Å². The van der Waals surface area contributed by atoms with E-state index >= 15 is 0 Å². The van der Waals surface area contributed by atoms with Gasteiger partial charge in [-0.1, -0.05) is 164 Å². The van der Waals surface area contributed by atoms with Crippen LogP contribution in [0, 0.1) is 0 Å². The molecule has 0 spiro atoms. The van der Waals surface area contributed by atoms with Crippen molar-refractivity contribution in [2.75, 3.05) is 0 Å². The summed E-state index contributed by atoms with van der Waals surface area (Å²) in [6.45, 7) is 0. The second-order valence-corrected chi connectivity index (χ2v) is 25.6. The van der Waals surface area contributed by atoms with E-state index in [0.29, 0.717) is 17.5 Å². The largest absolute Gasteiger partial charge is 0.461 e. The highest BCUT2D eigenvalue weighted by molar-refractivity contribution is 6.19. The Morgan fingerprint density at radius 1 is 0.309 bits per heavy atom. The topological polar surface area (TPSA) is 110 Å². The third kappa shape index (κ3) is 7.57. The minimum atomic E-state index is -0.288. The molecule has 2 unspecified atom stereocenters. The molecular weight excluding hydrogens is 1190 g/mol. The molecule has 0 saturated carbocycles. The van der Waals surface area contributed by atoms with E-state index in [-0.39, 0.29) is 11.8 Å². The van der Waals surface area contributed by atoms with E-state index in [2.05, 4.69) is 234 Å². The fourth-order valence-electron chi connectivity index (χ4n) is 16.2. The summed E-state index contributed by atoms with van der Waals surface area (Å²) in [5, 5.41) is 12.7. The average molecular weight is 1240 g/mol. The number of allylic oxidation sites excluding steroid dienone is 4. The highest BCUT2D eigenvalue weighted by Crippen LogP contribution is 2.52. The summed E-state index contributed by atoms with van der Waals surface area (Å²) in [5.74, 6) is 2.94. The van der Waals surface area contributed by atoms with Gasteiger partial charge in [-0.2, -0.15) is 0 Å². The molecule has 0 saturated heterocycles. The second kappa shape index (κ2) is 19.7. The first kappa shape index (κ1) is 52.4. The van der Waals surface area contributed by atoms with Gasteiger partial charge in [-0.25, -0.2) is 15.0 Å². The van der Waals surface area contributed by atoms with Crippen molar-refractivity contribution in [2.45, 2.75) is 11.8 Å². The van der Waals surface area contributed by atoms with E-state index in [0.717, 1.165) is 193 Å². The van der Waals surface area contributed by atoms with Gasteiger partial charge in [0, 0.05) is 70.6 Å². The van der Waals surface area contributed by atoms with Gasteiger partial charge in [0.25, 0.3) is 0 Å². The van der Waals surface area contributed by atoms with Crippen LogP contribution < -0.4 is 4.74 Å². The number of ether oxygens (including phenoxy) is 1. The molecule has 0 N–H and O–H groups in total. The first-order chi connectivity index (χ1) is 48.1. The van der Waals surface area contributed by atoms with Crippen LogP contribution in [0.2, 0.25) is 0 Å². The van der Waals surface area contributed by atoms with E-state index in [1.54, 1.807) is 0 Å². The smallest absolute Gasteiger partial charge is 0.164 e. The van der Waals surface area contributed by atoms with Gasteiger partial charge < -0.3 is 31.5 Å². The van der Waals surface area contributed by atoms with Crippen LogP contribution in [0.15, 0.2) is 309 Å². The minimum absolute atomic E-state index is 0.151. The Morgan fingerprint density at radius 3 is 1.26 bits per heavy atom. The lowest BCUT2D eigenvalue weighted by Gasteiger charge is -2.23. The minimum Gasteiger partial charge on any atom is -0.461 e. The number of benzene rings is 13. The quantitative estimate of drug-likeness (QED) is 0.155. The molecule has 10 heteroatoms. The first-order valence-corrected chi connectivity index (χ1v) is 32.8. The summed E-state index contributed by atoms with van der Waals surface area (Å²) in [7, 11) is 0. The zero-order valence-corrected chi connectivity index (χ0v) is 51.6. The van der Waals surface area contributed by atoms with Crippen LogP contribution in [0.4, 0.5) is 0 Å². The van der Waals surface area contributed by atoms with Gasteiger partial charge in [0.2, 0.25) is 0 Å². The van der Waals surface area contributed by atoms with Gasteiger partial charge in [-0.15, -0.1) is 0 Å². The maximum Gasteiger partial charge on any atom is 0.164 e. The number of fused-ring (bicyclic) bond motifs is 21. The lowest BCUT2D eigenvalue weighted by molar-refractivity contribution is 0.414. The first-order valence-electron chi connectivity index (χ1n) is 32.8. The van der Waals surface area contributed by atoms with Crippen molar-refractivity contribution < 1.29 is 22.4 Å². The van der Waals surface area contributed by atoms with Crippen molar-refractivity contribution in [2.24, 2.45) is 0 Å². The fraction of sp³-hybridized carbons (Fsp3) is 0.0230. The second-order valence-electron chi connectivity index (χ2n) is 25.6. The van der Waals surface area contributed by atoms with Crippen LogP contribution in [0.3, 0.4) is 0 Å². The van der Waals surface area contributed by atoms with Crippen LogP contribution >= 0.6 is 0 Å². The molecule has 452 valence electrons. The summed E-state index contributed by atoms with van der Waals surface area (Å²) in [5.41, 5.74) is 20.1. The molecule has 22 rings (SSSR count). The van der Waals surface area contributed by atoms with Gasteiger partial charge in [0.1, 0.15) is 62.0 Å². The Morgan fingerprint density at radius 2 is 0.722 bits per heavy atom. The number of aromatic nitrogens is 5. The molecular formula is C87H49N5O5. The van der Waals surface area contributed by atoms with Crippen molar-refractivity contribution in [3.63, 3.8) is 0 Å². The molecule has 0 radical (unpaired) electrons. The monoisotopic (exact) mass is 1240 g/mol. The molecule has 0 amide bonds. The van der Waals surface area contributed by atoms with Gasteiger partial charge in [0.05, 0.1) is 56.0 Å². The molecule has 2 aliphatic rings. The average Bonchev–Trinajstić information content (AvgIpc) is 1.60. The molecule has 2 atom stereocenters. The molecule has 7 aromatic heterocycles. The van der Waals surface area contributed by atoms with Crippen molar-refractivity contribution in [3.05, 3.63) is 302 Å². The Hall–Kier alpha value is -13.1. The maximum atomic E-state index is 6.80. The molecule has 10 nitrogen and oxygen atoms in total. The van der Waals surface area contributed by atoms with Gasteiger partial charge in [-0.3, -0.25) is 0 Å². The summed E-state index contributed by atoms with van der Waals surface area (Å²) in [4.78, 5) is 16.7. The molecule has 1 aliphatic heterocycles. The Kier molecular flexibility index (Phi) is 10.7.